The predicted molar refractivity (Wildman–Crippen MR) is 55.8 cm³/mol. The van der Waals surface area contributed by atoms with Gasteiger partial charge in [0.25, 0.3) is 0 Å². The van der Waals surface area contributed by atoms with Crippen LogP contribution in [0.2, 0.25) is 0 Å². The minimum Gasteiger partial charge on any atom is -0.496 e. The second kappa shape index (κ2) is 6.86. The Kier molecular flexibility index (Phi) is 6.97. The molecule has 16 heavy (non-hydrogen) atoms. The number of benzene rings is 1. The van der Waals surface area contributed by atoms with Crippen LogP contribution in [-0.2, 0) is 0 Å². The first-order valence-corrected chi connectivity index (χ1v) is 4.47. The van der Waals surface area contributed by atoms with E-state index in [1.807, 2.05) is 0 Å². The molecule has 6 heteroatoms. The molecule has 1 nitrogen and oxygen atoms in total. The average molecular weight is 254 g/mol. The molecule has 1 aromatic carbocycles. The Morgan fingerprint density at radius 1 is 1.25 bits per heavy atom. The second-order valence-corrected chi connectivity index (χ2v) is 3.16. The molecule has 0 bridgehead atoms. The molecule has 0 saturated heterocycles. The fourth-order valence-electron chi connectivity index (χ4n) is 1.25. The Hall–Kier alpha value is 0.251. The second-order valence-electron chi connectivity index (χ2n) is 3.16. The van der Waals surface area contributed by atoms with E-state index in [2.05, 4.69) is 0 Å². The van der Waals surface area contributed by atoms with Crippen molar-refractivity contribution in [2.75, 3.05) is 7.11 Å². The van der Waals surface area contributed by atoms with Gasteiger partial charge >= 0.3 is 58.4 Å². The molecule has 0 aliphatic rings. The number of ether oxygens (including phenoxy) is 1. The predicted octanol–water partition coefficient (Wildman–Crippen LogP) is 0.407. The molecule has 0 radical (unpaired) electrons. The van der Waals surface area contributed by atoms with Crippen molar-refractivity contribution in [1.82, 2.24) is 0 Å². The standard InChI is InChI=1S/C10H11BF3O.K/c1-8-9(6-7-11(12,13)14)4-3-5-10(8)15-2;/h3-7H,1-2H3;/q-1;+1/b7-6+;. The molecule has 0 heterocycles. The van der Waals surface area contributed by atoms with Crippen LogP contribution in [0.3, 0.4) is 0 Å². The monoisotopic (exact) mass is 254 g/mol. The summed E-state index contributed by atoms with van der Waals surface area (Å²) in [6, 6.07) is 5.00. The van der Waals surface area contributed by atoms with Gasteiger partial charge in [0, 0.05) is 0 Å². The molecule has 0 N–H and O–H groups in total. The van der Waals surface area contributed by atoms with Crippen LogP contribution in [0, 0.1) is 6.92 Å². The topological polar surface area (TPSA) is 9.23 Å². The van der Waals surface area contributed by atoms with Crippen LogP contribution in [0.25, 0.3) is 6.08 Å². The van der Waals surface area contributed by atoms with Crippen molar-refractivity contribution >= 4 is 13.1 Å². The van der Waals surface area contributed by atoms with Gasteiger partial charge in [-0.15, -0.1) is 5.98 Å². The molecular weight excluding hydrogens is 243 g/mol. The summed E-state index contributed by atoms with van der Waals surface area (Å²) in [5.41, 5.74) is 1.23. The average Bonchev–Trinajstić information content (AvgIpc) is 2.15. The van der Waals surface area contributed by atoms with E-state index in [0.29, 0.717) is 16.9 Å². The number of methoxy groups -OCH3 is 1. The Balaban J connectivity index is 0.00000225. The smallest absolute Gasteiger partial charge is 0.496 e. The molecule has 0 atom stereocenters. The molecule has 0 saturated carbocycles. The summed E-state index contributed by atoms with van der Waals surface area (Å²) in [7, 11) is 1.49. The van der Waals surface area contributed by atoms with E-state index < -0.39 is 6.98 Å². The zero-order valence-electron chi connectivity index (χ0n) is 9.51. The summed E-state index contributed by atoms with van der Waals surface area (Å²) in [5.74, 6) is 0.869. The van der Waals surface area contributed by atoms with Gasteiger partial charge in [-0.25, -0.2) is 0 Å². The maximum absolute atomic E-state index is 12.0. The first-order valence-electron chi connectivity index (χ1n) is 4.47. The van der Waals surface area contributed by atoms with Gasteiger partial charge in [0.05, 0.1) is 7.11 Å². The SMILES string of the molecule is COc1cccc(/C=C/[B-](F)(F)F)c1C.[K+]. The van der Waals surface area contributed by atoms with Gasteiger partial charge in [-0.2, -0.15) is 0 Å². The summed E-state index contributed by atoms with van der Waals surface area (Å²) < 4.78 is 41.0. The Morgan fingerprint density at radius 2 is 1.88 bits per heavy atom. The van der Waals surface area contributed by atoms with Crippen LogP contribution < -0.4 is 56.1 Å². The van der Waals surface area contributed by atoms with Crippen LogP contribution in [0.4, 0.5) is 12.9 Å². The molecule has 0 aliphatic heterocycles. The number of hydrogen-bond donors (Lipinski definition) is 0. The number of hydrogen-bond acceptors (Lipinski definition) is 1. The Bertz CT molecular complexity index is 377. The fraction of sp³-hybridized carbons (Fsp3) is 0.200. The minimum absolute atomic E-state index is 0. The molecular formula is C10H11BF3KO. The van der Waals surface area contributed by atoms with Gasteiger partial charge in [0.15, 0.2) is 0 Å². The zero-order chi connectivity index (χ0) is 11.5. The van der Waals surface area contributed by atoms with Crippen molar-refractivity contribution in [3.8, 4) is 5.75 Å². The van der Waals surface area contributed by atoms with Crippen molar-refractivity contribution < 1.29 is 69.1 Å². The van der Waals surface area contributed by atoms with Gasteiger partial charge in [-0.1, -0.05) is 18.2 Å². The maximum atomic E-state index is 12.0. The van der Waals surface area contributed by atoms with Gasteiger partial charge in [-0.05, 0) is 24.1 Å². The van der Waals surface area contributed by atoms with E-state index in [4.69, 9.17) is 4.74 Å². The minimum atomic E-state index is -4.88. The molecule has 0 fully saturated rings. The molecule has 0 spiro atoms. The van der Waals surface area contributed by atoms with Crippen molar-refractivity contribution in [3.05, 3.63) is 35.3 Å². The van der Waals surface area contributed by atoms with Gasteiger partial charge in [0.2, 0.25) is 0 Å². The normalized spacial score (nSPS) is 11.3. The first-order chi connectivity index (χ1) is 6.94. The van der Waals surface area contributed by atoms with E-state index in [1.54, 1.807) is 25.1 Å². The molecule has 82 valence electrons. The van der Waals surface area contributed by atoms with Crippen LogP contribution in [-0.4, -0.2) is 14.1 Å². The van der Waals surface area contributed by atoms with Gasteiger partial charge < -0.3 is 17.7 Å². The number of halogens is 3. The van der Waals surface area contributed by atoms with Crippen molar-refractivity contribution in [2.24, 2.45) is 0 Å². The van der Waals surface area contributed by atoms with Crippen LogP contribution in [0.5, 0.6) is 5.75 Å². The fourth-order valence-corrected chi connectivity index (χ4v) is 1.25. The van der Waals surface area contributed by atoms with Crippen molar-refractivity contribution in [2.45, 2.75) is 6.92 Å². The molecule has 1 rings (SSSR count). The van der Waals surface area contributed by atoms with E-state index in [0.717, 1.165) is 6.08 Å². The molecule has 1 aromatic rings. The first kappa shape index (κ1) is 16.3. The molecule has 0 amide bonds. The Morgan fingerprint density at radius 3 is 2.38 bits per heavy atom. The van der Waals surface area contributed by atoms with E-state index in [9.17, 15) is 12.9 Å². The molecule has 0 unspecified atom stereocenters. The number of rotatable bonds is 3. The zero-order valence-corrected chi connectivity index (χ0v) is 12.6. The third-order valence-electron chi connectivity index (χ3n) is 2.04. The van der Waals surface area contributed by atoms with Crippen LogP contribution in [0.15, 0.2) is 24.2 Å². The quantitative estimate of drug-likeness (QED) is 0.710. The van der Waals surface area contributed by atoms with E-state index >= 15 is 0 Å². The summed E-state index contributed by atoms with van der Waals surface area (Å²) in [4.78, 5) is 0. The maximum Gasteiger partial charge on any atom is 1.00 e. The third-order valence-corrected chi connectivity index (χ3v) is 2.04. The summed E-state index contributed by atoms with van der Waals surface area (Å²) in [6.07, 6.45) is 1.07. The van der Waals surface area contributed by atoms with Gasteiger partial charge in [-0.3, -0.25) is 0 Å². The van der Waals surface area contributed by atoms with Crippen molar-refractivity contribution in [1.29, 1.82) is 0 Å². The summed E-state index contributed by atoms with van der Waals surface area (Å²) in [6.45, 7) is -3.16. The summed E-state index contributed by atoms with van der Waals surface area (Å²) in [5, 5.41) is 0. The van der Waals surface area contributed by atoms with E-state index in [-0.39, 0.29) is 57.4 Å². The summed E-state index contributed by atoms with van der Waals surface area (Å²) >= 11 is 0. The third kappa shape index (κ3) is 5.05. The van der Waals surface area contributed by atoms with Crippen LogP contribution in [0.1, 0.15) is 11.1 Å². The largest absolute Gasteiger partial charge is 1.00 e. The Labute approximate surface area is 136 Å². The molecule has 0 aliphatic carbocycles. The van der Waals surface area contributed by atoms with E-state index in [1.165, 1.54) is 7.11 Å². The van der Waals surface area contributed by atoms with Gasteiger partial charge in [0.1, 0.15) is 5.75 Å². The molecule has 0 aromatic heterocycles. The van der Waals surface area contributed by atoms with Crippen molar-refractivity contribution in [3.63, 3.8) is 0 Å². The van der Waals surface area contributed by atoms with Crippen LogP contribution >= 0.6 is 0 Å².